The summed E-state index contributed by atoms with van der Waals surface area (Å²) in [6, 6.07) is 0.0621. The highest BCUT2D eigenvalue weighted by Gasteiger charge is 2.26. The topological polar surface area (TPSA) is 87.5 Å². The lowest BCUT2D eigenvalue weighted by atomic mass is 9.94. The number of hydrogen-bond donors (Lipinski definition) is 2. The van der Waals surface area contributed by atoms with Gasteiger partial charge in [0, 0.05) is 18.8 Å². The molecule has 0 saturated carbocycles. The van der Waals surface area contributed by atoms with Crippen molar-refractivity contribution in [3.8, 4) is 0 Å². The molecule has 0 spiro atoms. The Morgan fingerprint density at radius 2 is 2.25 bits per heavy atom. The summed E-state index contributed by atoms with van der Waals surface area (Å²) in [7, 11) is 0. The summed E-state index contributed by atoms with van der Waals surface area (Å²) in [5.74, 6) is -0.322. The number of carboxylic acid groups (broad SMARTS) is 1. The highest BCUT2D eigenvalue weighted by Crippen LogP contribution is 2.22. The van der Waals surface area contributed by atoms with Crippen LogP contribution in [0, 0.1) is 5.92 Å². The Morgan fingerprint density at radius 3 is 2.90 bits per heavy atom. The van der Waals surface area contributed by atoms with Gasteiger partial charge in [-0.2, -0.15) is 5.10 Å². The van der Waals surface area contributed by atoms with Crippen LogP contribution in [0.5, 0.6) is 0 Å². The van der Waals surface area contributed by atoms with Gasteiger partial charge in [0.05, 0.1) is 11.9 Å². The first kappa shape index (κ1) is 14.4. The number of anilines is 1. The van der Waals surface area contributed by atoms with Crippen molar-refractivity contribution in [1.82, 2.24) is 14.7 Å². The van der Waals surface area contributed by atoms with Crippen LogP contribution in [0.4, 0.5) is 10.5 Å². The lowest BCUT2D eigenvalue weighted by Gasteiger charge is -2.36. The molecule has 0 bridgehead atoms. The number of amides is 2. The van der Waals surface area contributed by atoms with Gasteiger partial charge in [-0.25, -0.2) is 4.79 Å². The first-order valence-corrected chi connectivity index (χ1v) is 6.77. The molecule has 1 aromatic rings. The molecule has 1 saturated heterocycles. The molecule has 0 aliphatic carbocycles. The van der Waals surface area contributed by atoms with E-state index >= 15 is 0 Å². The Bertz CT molecular complexity index is 500. The number of nitrogens with zero attached hydrogens (tertiary/aromatic N) is 3. The fourth-order valence-electron chi connectivity index (χ4n) is 2.56. The van der Waals surface area contributed by atoms with E-state index in [9.17, 15) is 9.59 Å². The third-order valence-corrected chi connectivity index (χ3v) is 3.58. The molecule has 110 valence electrons. The van der Waals surface area contributed by atoms with Gasteiger partial charge in [0.2, 0.25) is 0 Å². The molecule has 2 N–H and O–H groups in total. The average Bonchev–Trinajstić information content (AvgIpc) is 2.75. The van der Waals surface area contributed by atoms with Gasteiger partial charge in [-0.3, -0.25) is 9.48 Å². The number of nitrogens with one attached hydrogen (secondary N) is 1. The third-order valence-electron chi connectivity index (χ3n) is 3.58. The fourth-order valence-corrected chi connectivity index (χ4v) is 2.56. The Labute approximate surface area is 117 Å². The summed E-state index contributed by atoms with van der Waals surface area (Å²) in [6.07, 6.45) is 4.99. The summed E-state index contributed by atoms with van der Waals surface area (Å²) in [5.41, 5.74) is 0.516. The number of carbonyl (C=O) groups is 2. The zero-order valence-electron chi connectivity index (χ0n) is 11.7. The van der Waals surface area contributed by atoms with Crippen LogP contribution in [0.3, 0.4) is 0 Å². The molecular formula is C13H20N4O3. The number of carboxylic acids is 1. The molecule has 2 amide bonds. The van der Waals surface area contributed by atoms with Gasteiger partial charge >= 0.3 is 12.0 Å². The second kappa shape index (κ2) is 5.94. The van der Waals surface area contributed by atoms with Crippen LogP contribution in [0.15, 0.2) is 12.4 Å². The van der Waals surface area contributed by atoms with Gasteiger partial charge in [-0.1, -0.05) is 6.92 Å². The molecule has 1 aromatic heterocycles. The Hall–Kier alpha value is -2.05. The summed E-state index contributed by atoms with van der Waals surface area (Å²) in [6.45, 7) is 4.77. The van der Waals surface area contributed by atoms with E-state index in [4.69, 9.17) is 5.11 Å². The molecule has 1 aliphatic heterocycles. The predicted molar refractivity (Wildman–Crippen MR) is 73.4 cm³/mol. The van der Waals surface area contributed by atoms with Crippen LogP contribution in [0.25, 0.3) is 0 Å². The van der Waals surface area contributed by atoms with Crippen LogP contribution >= 0.6 is 0 Å². The monoisotopic (exact) mass is 280 g/mol. The number of rotatable bonds is 3. The molecule has 20 heavy (non-hydrogen) atoms. The smallest absolute Gasteiger partial charge is 0.325 e. The Kier molecular flexibility index (Phi) is 4.26. The van der Waals surface area contributed by atoms with Crippen LogP contribution < -0.4 is 5.32 Å². The van der Waals surface area contributed by atoms with E-state index in [-0.39, 0.29) is 18.6 Å². The molecular weight excluding hydrogens is 260 g/mol. The van der Waals surface area contributed by atoms with E-state index < -0.39 is 5.97 Å². The Balaban J connectivity index is 1.94. The van der Waals surface area contributed by atoms with Crippen molar-refractivity contribution >= 4 is 17.7 Å². The minimum Gasteiger partial charge on any atom is -0.480 e. The number of likely N-dealkylation sites (tertiary alicyclic amines) is 1. The highest BCUT2D eigenvalue weighted by molar-refractivity contribution is 5.89. The van der Waals surface area contributed by atoms with Gasteiger partial charge in [0.25, 0.3) is 0 Å². The molecule has 7 heteroatoms. The number of hydrogen-bond acceptors (Lipinski definition) is 3. The maximum Gasteiger partial charge on any atom is 0.325 e. The van der Waals surface area contributed by atoms with Gasteiger partial charge in [0.1, 0.15) is 6.54 Å². The van der Waals surface area contributed by atoms with Gasteiger partial charge in [-0.05, 0) is 25.7 Å². The standard InChI is InChI=1S/C13H20N4O3/c1-9-3-4-17(10(2)5-9)13(20)15-11-6-14-16(7-11)8-12(18)19/h6-7,9-10H,3-5,8H2,1-2H3,(H,15,20)(H,18,19). The summed E-state index contributed by atoms with van der Waals surface area (Å²) in [5, 5.41) is 15.3. The molecule has 0 radical (unpaired) electrons. The van der Waals surface area contributed by atoms with Crippen LogP contribution in [-0.4, -0.2) is 44.4 Å². The van der Waals surface area contributed by atoms with Crippen molar-refractivity contribution in [3.05, 3.63) is 12.4 Å². The predicted octanol–water partition coefficient (Wildman–Crippen LogP) is 1.62. The van der Waals surface area contributed by atoms with Gasteiger partial charge < -0.3 is 15.3 Å². The van der Waals surface area contributed by atoms with Crippen molar-refractivity contribution in [2.45, 2.75) is 39.3 Å². The van der Waals surface area contributed by atoms with E-state index in [2.05, 4.69) is 17.3 Å². The lowest BCUT2D eigenvalue weighted by Crippen LogP contribution is -2.46. The van der Waals surface area contributed by atoms with E-state index in [1.54, 1.807) is 0 Å². The second-order valence-corrected chi connectivity index (χ2v) is 5.42. The van der Waals surface area contributed by atoms with E-state index in [1.165, 1.54) is 17.1 Å². The summed E-state index contributed by atoms with van der Waals surface area (Å²) in [4.78, 5) is 24.6. The van der Waals surface area contributed by atoms with Crippen LogP contribution in [-0.2, 0) is 11.3 Å². The van der Waals surface area contributed by atoms with Crippen molar-refractivity contribution in [1.29, 1.82) is 0 Å². The number of urea groups is 1. The first-order chi connectivity index (χ1) is 9.45. The lowest BCUT2D eigenvalue weighted by molar-refractivity contribution is -0.137. The third kappa shape index (κ3) is 3.49. The minimum atomic E-state index is -0.968. The van der Waals surface area contributed by atoms with Crippen molar-refractivity contribution in [2.75, 3.05) is 11.9 Å². The molecule has 2 heterocycles. The quantitative estimate of drug-likeness (QED) is 0.880. The van der Waals surface area contributed by atoms with E-state index in [0.29, 0.717) is 11.6 Å². The molecule has 1 fully saturated rings. The zero-order valence-corrected chi connectivity index (χ0v) is 11.7. The summed E-state index contributed by atoms with van der Waals surface area (Å²) < 4.78 is 1.28. The number of aliphatic carboxylic acids is 1. The van der Waals surface area contributed by atoms with Crippen LogP contribution in [0.1, 0.15) is 26.7 Å². The van der Waals surface area contributed by atoms with E-state index in [1.807, 2.05) is 11.8 Å². The molecule has 2 atom stereocenters. The van der Waals surface area contributed by atoms with E-state index in [0.717, 1.165) is 19.4 Å². The highest BCUT2D eigenvalue weighted by atomic mass is 16.4. The maximum atomic E-state index is 12.2. The SMILES string of the molecule is CC1CCN(C(=O)Nc2cnn(CC(=O)O)c2)C(C)C1. The molecule has 0 aromatic carbocycles. The van der Waals surface area contributed by atoms with Crippen molar-refractivity contribution < 1.29 is 14.7 Å². The largest absolute Gasteiger partial charge is 0.480 e. The maximum absolute atomic E-state index is 12.2. The molecule has 1 aliphatic rings. The van der Waals surface area contributed by atoms with Crippen molar-refractivity contribution in [2.24, 2.45) is 5.92 Å². The second-order valence-electron chi connectivity index (χ2n) is 5.42. The minimum absolute atomic E-state index is 0.153. The van der Waals surface area contributed by atoms with Gasteiger partial charge in [0.15, 0.2) is 0 Å². The van der Waals surface area contributed by atoms with Gasteiger partial charge in [-0.15, -0.1) is 0 Å². The number of carbonyl (C=O) groups excluding carboxylic acids is 1. The van der Waals surface area contributed by atoms with Crippen molar-refractivity contribution in [3.63, 3.8) is 0 Å². The zero-order chi connectivity index (χ0) is 14.7. The summed E-state index contributed by atoms with van der Waals surface area (Å²) >= 11 is 0. The normalized spacial score (nSPS) is 22.6. The average molecular weight is 280 g/mol. The number of piperidine rings is 1. The molecule has 2 rings (SSSR count). The molecule has 7 nitrogen and oxygen atoms in total. The van der Waals surface area contributed by atoms with Crippen LogP contribution in [0.2, 0.25) is 0 Å². The fraction of sp³-hybridized carbons (Fsp3) is 0.615. The Morgan fingerprint density at radius 1 is 1.50 bits per heavy atom. The number of aromatic nitrogens is 2. The molecule has 2 unspecified atom stereocenters. The first-order valence-electron chi connectivity index (χ1n) is 6.77.